The highest BCUT2D eigenvalue weighted by Crippen LogP contribution is 2.36. The highest BCUT2D eigenvalue weighted by molar-refractivity contribution is 7.10. The van der Waals surface area contributed by atoms with Crippen molar-refractivity contribution in [3.05, 3.63) is 21.9 Å². The molecule has 2 heterocycles. The molecule has 0 aromatic carbocycles. The first kappa shape index (κ1) is 15.5. The molecule has 20 heavy (non-hydrogen) atoms. The number of aryl methyl sites for hydroxylation is 1. The summed E-state index contributed by atoms with van der Waals surface area (Å²) in [4.78, 5) is 16.2. The van der Waals surface area contributed by atoms with Crippen LogP contribution < -0.4 is 5.32 Å². The molecule has 1 N–H and O–H groups in total. The zero-order chi connectivity index (χ0) is 14.6. The molecule has 1 aromatic rings. The van der Waals surface area contributed by atoms with Crippen LogP contribution in [0.2, 0.25) is 0 Å². The second-order valence-electron chi connectivity index (χ2n) is 5.97. The number of nitrogens with zero attached hydrogens (tertiary/aromatic N) is 1. The van der Waals surface area contributed by atoms with E-state index in [1.165, 1.54) is 10.4 Å². The molecular formula is C16H26N2OS. The first-order valence-corrected chi connectivity index (χ1v) is 8.46. The number of hydrogen-bond donors (Lipinski definition) is 1. The van der Waals surface area contributed by atoms with Crippen molar-refractivity contribution in [2.75, 3.05) is 20.1 Å². The van der Waals surface area contributed by atoms with Crippen molar-refractivity contribution in [3.63, 3.8) is 0 Å². The molecule has 3 nitrogen and oxygen atoms in total. The van der Waals surface area contributed by atoms with Gasteiger partial charge in [-0.15, -0.1) is 11.3 Å². The molecule has 2 rings (SSSR count). The molecule has 0 spiro atoms. The molecule has 0 bridgehead atoms. The molecule has 0 saturated carbocycles. The second kappa shape index (κ2) is 6.72. The van der Waals surface area contributed by atoms with E-state index in [-0.39, 0.29) is 5.41 Å². The fourth-order valence-corrected chi connectivity index (χ4v) is 4.17. The van der Waals surface area contributed by atoms with Gasteiger partial charge in [-0.05, 0) is 56.3 Å². The highest BCUT2D eigenvalue weighted by Gasteiger charge is 2.40. The van der Waals surface area contributed by atoms with E-state index < -0.39 is 0 Å². The fraction of sp³-hybridized carbons (Fsp3) is 0.688. The second-order valence-corrected chi connectivity index (χ2v) is 6.97. The lowest BCUT2D eigenvalue weighted by Crippen LogP contribution is -2.47. The summed E-state index contributed by atoms with van der Waals surface area (Å²) >= 11 is 1.75. The van der Waals surface area contributed by atoms with Gasteiger partial charge in [-0.25, -0.2) is 0 Å². The van der Waals surface area contributed by atoms with Gasteiger partial charge < -0.3 is 10.2 Å². The molecule has 1 aliphatic heterocycles. The van der Waals surface area contributed by atoms with Crippen LogP contribution in [0.1, 0.15) is 43.0 Å². The zero-order valence-electron chi connectivity index (χ0n) is 12.9. The third kappa shape index (κ3) is 3.23. The molecule has 112 valence electrons. The van der Waals surface area contributed by atoms with E-state index in [1.54, 1.807) is 11.3 Å². The Morgan fingerprint density at radius 3 is 2.70 bits per heavy atom. The number of carbonyl (C=O) groups is 1. The average molecular weight is 294 g/mol. The average Bonchev–Trinajstić information content (AvgIpc) is 2.85. The predicted molar refractivity (Wildman–Crippen MR) is 85.0 cm³/mol. The Bertz CT molecular complexity index is 444. The van der Waals surface area contributed by atoms with Gasteiger partial charge in [0.05, 0.1) is 12.0 Å². The number of hydrogen-bond acceptors (Lipinski definition) is 3. The van der Waals surface area contributed by atoms with Crippen molar-refractivity contribution in [1.82, 2.24) is 10.2 Å². The van der Waals surface area contributed by atoms with Gasteiger partial charge in [0.1, 0.15) is 0 Å². The number of piperidine rings is 1. The van der Waals surface area contributed by atoms with Gasteiger partial charge in [0, 0.05) is 11.9 Å². The van der Waals surface area contributed by atoms with Gasteiger partial charge in [-0.3, -0.25) is 4.79 Å². The van der Waals surface area contributed by atoms with Gasteiger partial charge in [0.25, 0.3) is 0 Å². The molecule has 1 amide bonds. The van der Waals surface area contributed by atoms with E-state index in [1.807, 2.05) is 11.9 Å². The minimum absolute atomic E-state index is 0.125. The van der Waals surface area contributed by atoms with Gasteiger partial charge in [0.15, 0.2) is 0 Å². The van der Waals surface area contributed by atoms with E-state index >= 15 is 0 Å². The Morgan fingerprint density at radius 1 is 1.45 bits per heavy atom. The van der Waals surface area contributed by atoms with Crippen molar-refractivity contribution in [3.8, 4) is 0 Å². The molecule has 0 atom stereocenters. The summed E-state index contributed by atoms with van der Waals surface area (Å²) in [7, 11) is 1.96. The Morgan fingerprint density at radius 2 is 2.15 bits per heavy atom. The van der Waals surface area contributed by atoms with Crippen molar-refractivity contribution in [1.29, 1.82) is 0 Å². The van der Waals surface area contributed by atoms with Crippen LogP contribution in [-0.4, -0.2) is 30.9 Å². The highest BCUT2D eigenvalue weighted by atomic mass is 32.1. The molecular weight excluding hydrogens is 268 g/mol. The summed E-state index contributed by atoms with van der Waals surface area (Å²) in [5.41, 5.74) is 1.17. The summed E-state index contributed by atoms with van der Waals surface area (Å²) in [5.74, 6) is 0.341. The normalized spacial score (nSPS) is 17.9. The van der Waals surface area contributed by atoms with Gasteiger partial charge in [-0.2, -0.15) is 0 Å². The van der Waals surface area contributed by atoms with Crippen LogP contribution in [0, 0.1) is 12.3 Å². The van der Waals surface area contributed by atoms with E-state index in [0.29, 0.717) is 5.91 Å². The first-order chi connectivity index (χ1) is 9.59. The number of nitrogens with one attached hydrogen (secondary N) is 1. The van der Waals surface area contributed by atoms with Gasteiger partial charge in [0.2, 0.25) is 5.91 Å². The lowest BCUT2D eigenvalue weighted by molar-refractivity contribution is -0.143. The lowest BCUT2D eigenvalue weighted by atomic mass is 9.74. The Hall–Kier alpha value is -0.870. The fourth-order valence-electron chi connectivity index (χ4n) is 3.21. The minimum Gasteiger partial charge on any atom is -0.340 e. The zero-order valence-corrected chi connectivity index (χ0v) is 13.7. The Labute approximate surface area is 126 Å². The minimum atomic E-state index is -0.125. The monoisotopic (exact) mass is 294 g/mol. The maximum atomic E-state index is 13.0. The molecule has 1 aromatic heterocycles. The van der Waals surface area contributed by atoms with Crippen LogP contribution in [0.3, 0.4) is 0 Å². The van der Waals surface area contributed by atoms with Crippen LogP contribution >= 0.6 is 11.3 Å². The Kier molecular flexibility index (Phi) is 5.22. The Balaban J connectivity index is 2.08. The lowest BCUT2D eigenvalue weighted by Gasteiger charge is -2.39. The van der Waals surface area contributed by atoms with E-state index in [9.17, 15) is 4.79 Å². The molecule has 0 unspecified atom stereocenters. The van der Waals surface area contributed by atoms with Crippen molar-refractivity contribution in [2.24, 2.45) is 5.41 Å². The van der Waals surface area contributed by atoms with Gasteiger partial charge >= 0.3 is 0 Å². The standard InChI is InChI=1S/C16H26N2OS/c1-4-6-16(7-9-17-10-8-16)15(19)18(3)12-14-13(2)5-11-20-14/h5,11,17H,4,6-10,12H2,1-3H3. The quantitative estimate of drug-likeness (QED) is 0.904. The molecule has 0 aliphatic carbocycles. The van der Waals surface area contributed by atoms with Crippen LogP contribution in [0.4, 0.5) is 0 Å². The maximum absolute atomic E-state index is 13.0. The third-order valence-corrected chi connectivity index (χ3v) is 5.45. The third-order valence-electron chi connectivity index (χ3n) is 4.44. The summed E-state index contributed by atoms with van der Waals surface area (Å²) in [6, 6.07) is 2.13. The number of rotatable bonds is 5. The smallest absolute Gasteiger partial charge is 0.228 e. The van der Waals surface area contributed by atoms with Crippen LogP contribution in [-0.2, 0) is 11.3 Å². The summed E-state index contributed by atoms with van der Waals surface area (Å²) in [5, 5.41) is 5.48. The van der Waals surface area contributed by atoms with Crippen LogP contribution in [0.15, 0.2) is 11.4 Å². The summed E-state index contributed by atoms with van der Waals surface area (Å²) in [6.45, 7) is 6.99. The summed E-state index contributed by atoms with van der Waals surface area (Å²) in [6.07, 6.45) is 4.06. The van der Waals surface area contributed by atoms with E-state index in [2.05, 4.69) is 30.6 Å². The summed E-state index contributed by atoms with van der Waals surface area (Å²) < 4.78 is 0. The SMILES string of the molecule is CCCC1(C(=O)N(C)Cc2sccc2C)CCNCC1. The van der Waals surface area contributed by atoms with E-state index in [0.717, 1.165) is 45.3 Å². The molecule has 4 heteroatoms. The van der Waals surface area contributed by atoms with Gasteiger partial charge in [-0.1, -0.05) is 13.3 Å². The molecule has 1 fully saturated rings. The molecule has 1 saturated heterocycles. The van der Waals surface area contributed by atoms with Crippen molar-refractivity contribution < 1.29 is 4.79 Å². The maximum Gasteiger partial charge on any atom is 0.228 e. The largest absolute Gasteiger partial charge is 0.340 e. The van der Waals surface area contributed by atoms with Crippen molar-refractivity contribution in [2.45, 2.75) is 46.1 Å². The molecule has 0 radical (unpaired) electrons. The topological polar surface area (TPSA) is 32.3 Å². The predicted octanol–water partition coefficient (Wildman–Crippen LogP) is 3.18. The van der Waals surface area contributed by atoms with Crippen LogP contribution in [0.25, 0.3) is 0 Å². The van der Waals surface area contributed by atoms with Crippen molar-refractivity contribution >= 4 is 17.2 Å². The van der Waals surface area contributed by atoms with E-state index in [4.69, 9.17) is 0 Å². The van der Waals surface area contributed by atoms with Crippen LogP contribution in [0.5, 0.6) is 0 Å². The number of carbonyl (C=O) groups excluding carboxylic acids is 1. The first-order valence-electron chi connectivity index (χ1n) is 7.58. The number of thiophene rings is 1. The number of amides is 1. The molecule has 1 aliphatic rings.